The minimum absolute atomic E-state index is 0.151. The molecule has 2 heterocycles. The van der Waals surface area contributed by atoms with Gasteiger partial charge in [0.2, 0.25) is 11.8 Å². The quantitative estimate of drug-likeness (QED) is 0.515. The van der Waals surface area contributed by atoms with Gasteiger partial charge < -0.3 is 20.3 Å². The molecule has 0 bridgehead atoms. The third-order valence-corrected chi connectivity index (χ3v) is 5.23. The average molecular weight is 364 g/mol. The first-order valence-corrected chi connectivity index (χ1v) is 8.57. The number of carboxylic acid groups (broad SMARTS) is 1. The number of ether oxygens (including phenoxy) is 1. The molecule has 3 N–H and O–H groups in total. The summed E-state index contributed by atoms with van der Waals surface area (Å²) in [6.45, 7) is -0.406. The molecule has 2 amide bonds. The minimum Gasteiger partial charge on any atom is -0.449 e. The van der Waals surface area contributed by atoms with Crippen LogP contribution < -0.4 is 5.32 Å². The second kappa shape index (κ2) is 7.16. The maximum absolute atomic E-state index is 12.3. The van der Waals surface area contributed by atoms with Crippen LogP contribution in [0.1, 0.15) is 5.56 Å². The molecule has 2 atom stereocenters. The zero-order valence-corrected chi connectivity index (χ0v) is 13.9. The Morgan fingerprint density at radius 2 is 2.04 bits per heavy atom. The fourth-order valence-corrected chi connectivity index (χ4v) is 4.04. The van der Waals surface area contributed by atoms with Gasteiger partial charge in [-0.2, -0.15) is 0 Å². The number of carbonyl (C=O) groups excluding carboxylic acids is 2. The first kappa shape index (κ1) is 17.3. The largest absolute Gasteiger partial charge is 0.512 e. The van der Waals surface area contributed by atoms with Crippen molar-refractivity contribution < 1.29 is 29.3 Å². The Hall–Kier alpha value is -2.52. The van der Waals surface area contributed by atoms with Crippen molar-refractivity contribution in [2.24, 2.45) is 0 Å². The molecule has 1 saturated heterocycles. The van der Waals surface area contributed by atoms with Crippen LogP contribution in [-0.4, -0.2) is 56.9 Å². The van der Waals surface area contributed by atoms with E-state index in [-0.39, 0.29) is 18.2 Å². The standard InChI is InChI=1S/C16H16N2O6S/c19-7-10-8-25-15-12(13(21)18(15)14(10)24-16(22)23)17-11(20)6-9-4-2-1-3-5-9/h1-5,12,15,19H,6-8H2,(H,17,20)(H,22,23)/t12-,15+/m1/s1. The molecular formula is C16H16N2O6S. The zero-order valence-electron chi connectivity index (χ0n) is 13.0. The maximum atomic E-state index is 12.3. The molecule has 1 aromatic carbocycles. The van der Waals surface area contributed by atoms with Gasteiger partial charge in [0.1, 0.15) is 11.4 Å². The smallest absolute Gasteiger partial charge is 0.449 e. The third-order valence-electron chi connectivity index (χ3n) is 3.89. The Bertz CT molecular complexity index is 735. The summed E-state index contributed by atoms with van der Waals surface area (Å²) in [5, 5.41) is 20.4. The molecule has 1 aromatic rings. The molecule has 0 aliphatic carbocycles. The number of hydrogen-bond donors (Lipinski definition) is 3. The van der Waals surface area contributed by atoms with Gasteiger partial charge in [0.05, 0.1) is 13.0 Å². The summed E-state index contributed by atoms with van der Waals surface area (Å²) in [6.07, 6.45) is -1.41. The monoisotopic (exact) mass is 364 g/mol. The molecule has 0 radical (unpaired) electrons. The lowest BCUT2D eigenvalue weighted by molar-refractivity contribution is -0.149. The lowest BCUT2D eigenvalue weighted by atomic mass is 10.1. The van der Waals surface area contributed by atoms with E-state index in [1.807, 2.05) is 30.3 Å². The van der Waals surface area contributed by atoms with Crippen LogP contribution in [0, 0.1) is 0 Å². The number of β-lactam (4-membered cyclic amide) rings is 1. The highest BCUT2D eigenvalue weighted by molar-refractivity contribution is 8.00. The van der Waals surface area contributed by atoms with Crippen molar-refractivity contribution in [1.82, 2.24) is 10.2 Å². The van der Waals surface area contributed by atoms with Crippen molar-refractivity contribution in [3.05, 3.63) is 47.4 Å². The number of nitrogens with zero attached hydrogens (tertiary/aromatic N) is 1. The second-order valence-corrected chi connectivity index (χ2v) is 6.66. The summed E-state index contributed by atoms with van der Waals surface area (Å²) in [5.41, 5.74) is 1.16. The Morgan fingerprint density at radius 1 is 1.32 bits per heavy atom. The third kappa shape index (κ3) is 3.47. The van der Waals surface area contributed by atoms with Crippen molar-refractivity contribution in [3.63, 3.8) is 0 Å². The average Bonchev–Trinajstić information content (AvgIpc) is 2.59. The predicted octanol–water partition coefficient (Wildman–Crippen LogP) is 0.527. The van der Waals surface area contributed by atoms with Crippen LogP contribution in [0.3, 0.4) is 0 Å². The highest BCUT2D eigenvalue weighted by Crippen LogP contribution is 2.40. The number of amides is 2. The van der Waals surface area contributed by atoms with E-state index < -0.39 is 30.1 Å². The molecule has 3 rings (SSSR count). The molecule has 2 aliphatic heterocycles. The first-order valence-electron chi connectivity index (χ1n) is 7.53. The molecule has 9 heteroatoms. The van der Waals surface area contributed by atoms with Crippen molar-refractivity contribution in [2.75, 3.05) is 12.4 Å². The minimum atomic E-state index is -1.56. The Labute approximate surface area is 147 Å². The van der Waals surface area contributed by atoms with E-state index in [1.165, 1.54) is 16.7 Å². The van der Waals surface area contributed by atoms with Gasteiger partial charge in [0.15, 0.2) is 0 Å². The molecule has 8 nitrogen and oxygen atoms in total. The van der Waals surface area contributed by atoms with Crippen molar-refractivity contribution in [2.45, 2.75) is 17.8 Å². The summed E-state index contributed by atoms with van der Waals surface area (Å²) in [6, 6.07) is 8.40. The van der Waals surface area contributed by atoms with Gasteiger partial charge in [-0.25, -0.2) is 4.79 Å². The molecule has 0 spiro atoms. The molecule has 0 saturated carbocycles. The SMILES string of the molecule is O=C(Cc1ccccc1)N[C@@H]1C(=O)N2C(OC(=O)O)=C(CO)CS[C@@H]12. The van der Waals surface area contributed by atoms with E-state index in [9.17, 15) is 19.5 Å². The van der Waals surface area contributed by atoms with Crippen molar-refractivity contribution in [1.29, 1.82) is 0 Å². The van der Waals surface area contributed by atoms with Gasteiger partial charge in [-0.05, 0) is 5.56 Å². The zero-order chi connectivity index (χ0) is 18.0. The Morgan fingerprint density at radius 3 is 2.68 bits per heavy atom. The molecule has 132 valence electrons. The van der Waals surface area contributed by atoms with Crippen LogP contribution in [-0.2, 0) is 20.7 Å². The molecule has 25 heavy (non-hydrogen) atoms. The van der Waals surface area contributed by atoms with Crippen molar-refractivity contribution >= 4 is 29.7 Å². The number of carbonyl (C=O) groups is 3. The van der Waals surface area contributed by atoms with E-state index in [1.54, 1.807) is 0 Å². The lowest BCUT2D eigenvalue weighted by Crippen LogP contribution is -2.70. The van der Waals surface area contributed by atoms with E-state index in [0.717, 1.165) is 5.56 Å². The molecule has 2 aliphatic rings. The van der Waals surface area contributed by atoms with Gasteiger partial charge in [-0.15, -0.1) is 11.8 Å². The lowest BCUT2D eigenvalue weighted by Gasteiger charge is -2.49. The molecular weight excluding hydrogens is 348 g/mol. The number of fused-ring (bicyclic) bond motifs is 1. The summed E-state index contributed by atoms with van der Waals surface area (Å²) in [5.74, 6) is -0.584. The highest BCUT2D eigenvalue weighted by atomic mass is 32.2. The van der Waals surface area contributed by atoms with Crippen LogP contribution >= 0.6 is 11.8 Å². The van der Waals surface area contributed by atoms with Gasteiger partial charge in [0, 0.05) is 11.3 Å². The number of benzene rings is 1. The van der Waals surface area contributed by atoms with E-state index in [0.29, 0.717) is 11.3 Å². The number of rotatable bonds is 5. The van der Waals surface area contributed by atoms with Crippen LogP contribution in [0.15, 0.2) is 41.8 Å². The van der Waals surface area contributed by atoms with E-state index in [2.05, 4.69) is 10.1 Å². The molecule has 1 fully saturated rings. The van der Waals surface area contributed by atoms with Gasteiger partial charge >= 0.3 is 6.16 Å². The Kier molecular flexibility index (Phi) is 4.95. The summed E-state index contributed by atoms with van der Waals surface area (Å²) < 4.78 is 4.66. The van der Waals surface area contributed by atoms with Gasteiger partial charge in [0.25, 0.3) is 5.91 Å². The topological polar surface area (TPSA) is 116 Å². The maximum Gasteiger partial charge on any atom is 0.512 e. The normalized spacial score (nSPS) is 22.1. The van der Waals surface area contributed by atoms with E-state index in [4.69, 9.17) is 5.11 Å². The van der Waals surface area contributed by atoms with Crippen LogP contribution in [0.4, 0.5) is 4.79 Å². The fourth-order valence-electron chi connectivity index (χ4n) is 2.72. The Balaban J connectivity index is 1.67. The van der Waals surface area contributed by atoms with Crippen LogP contribution in [0.2, 0.25) is 0 Å². The molecule has 0 aromatic heterocycles. The number of hydrogen-bond acceptors (Lipinski definition) is 6. The number of aliphatic hydroxyl groups excluding tert-OH is 1. The fraction of sp³-hybridized carbons (Fsp3) is 0.312. The summed E-state index contributed by atoms with van der Waals surface area (Å²) >= 11 is 1.34. The van der Waals surface area contributed by atoms with Crippen LogP contribution in [0.25, 0.3) is 0 Å². The first-order chi connectivity index (χ1) is 12.0. The van der Waals surface area contributed by atoms with Crippen LogP contribution in [0.5, 0.6) is 0 Å². The van der Waals surface area contributed by atoms with Crippen molar-refractivity contribution in [3.8, 4) is 0 Å². The van der Waals surface area contributed by atoms with Gasteiger partial charge in [-0.3, -0.25) is 14.5 Å². The number of aliphatic hydroxyl groups is 1. The van der Waals surface area contributed by atoms with Gasteiger partial charge in [-0.1, -0.05) is 30.3 Å². The molecule has 0 unspecified atom stereocenters. The second-order valence-electron chi connectivity index (χ2n) is 5.55. The summed E-state index contributed by atoms with van der Waals surface area (Å²) in [4.78, 5) is 36.5. The van der Waals surface area contributed by atoms with E-state index >= 15 is 0 Å². The number of nitrogens with one attached hydrogen (secondary N) is 1. The predicted molar refractivity (Wildman–Crippen MR) is 88.4 cm³/mol. The highest BCUT2D eigenvalue weighted by Gasteiger charge is 2.53. The summed E-state index contributed by atoms with van der Waals surface area (Å²) in [7, 11) is 0. The number of thioether (sulfide) groups is 1.